The molecule has 0 aliphatic carbocycles. The molecule has 0 spiro atoms. The van der Waals surface area contributed by atoms with Crippen LogP contribution in [-0.2, 0) is 11.4 Å². The van der Waals surface area contributed by atoms with Gasteiger partial charge in [-0.25, -0.2) is 4.57 Å². The van der Waals surface area contributed by atoms with Crippen molar-refractivity contribution in [2.45, 2.75) is 0 Å². The first-order valence-electron chi connectivity index (χ1n) is 9.45. The van der Waals surface area contributed by atoms with E-state index in [2.05, 4.69) is 4.98 Å². The first kappa shape index (κ1) is 18.3. The molecule has 2 N–H and O–H groups in total. The van der Waals surface area contributed by atoms with Crippen molar-refractivity contribution in [1.82, 2.24) is 4.98 Å². The van der Waals surface area contributed by atoms with Crippen molar-refractivity contribution in [2.75, 3.05) is 0 Å². The largest absolute Gasteiger partial charge is 0.413 e. The molecule has 5 rings (SSSR count). The van der Waals surface area contributed by atoms with Gasteiger partial charge in [-0.1, -0.05) is 54.2 Å². The van der Waals surface area contributed by atoms with E-state index in [9.17, 15) is 9.59 Å². The van der Waals surface area contributed by atoms with Gasteiger partial charge in [-0.15, -0.1) is 18.2 Å². The fourth-order valence-corrected chi connectivity index (χ4v) is 4.32. The van der Waals surface area contributed by atoms with Gasteiger partial charge < -0.3 is 10.3 Å². The number of carbonyl (C=O) groups excluding carboxylic acids is 2. The van der Waals surface area contributed by atoms with Gasteiger partial charge in [-0.05, 0) is 29.3 Å². The van der Waals surface area contributed by atoms with Crippen LogP contribution in [0.3, 0.4) is 0 Å². The second kappa shape index (κ2) is 7.59. The summed E-state index contributed by atoms with van der Waals surface area (Å²) in [5.74, 6) is -0.187. The lowest BCUT2D eigenvalue weighted by Gasteiger charge is -2.16. The van der Waals surface area contributed by atoms with Crippen molar-refractivity contribution in [2.24, 2.45) is 0 Å². The number of nitrogens with two attached hydrogens (primary N) is 1. The summed E-state index contributed by atoms with van der Waals surface area (Å²) in [5, 5.41) is 5.64. The van der Waals surface area contributed by atoms with Gasteiger partial charge >= 0.3 is 0 Å². The van der Waals surface area contributed by atoms with Crippen LogP contribution in [0.4, 0.5) is 0 Å². The summed E-state index contributed by atoms with van der Waals surface area (Å²) < 4.78 is 1.60. The smallest absolute Gasteiger partial charge is 0.267 e. The quantitative estimate of drug-likeness (QED) is 0.183. The minimum atomic E-state index is -0.124. The fraction of sp³-hybridized carbons (Fsp3) is 0. The Balaban J connectivity index is 1.43. The minimum Gasteiger partial charge on any atom is -0.413 e. The number of hydrogen-bond acceptors (Lipinski definition) is 3. The van der Waals surface area contributed by atoms with Crippen LogP contribution < -0.4 is 9.88 Å². The highest BCUT2D eigenvalue weighted by Gasteiger charge is 2.29. The summed E-state index contributed by atoms with van der Waals surface area (Å²) in [6.45, 7) is 0. The number of pyridine rings is 1. The van der Waals surface area contributed by atoms with Crippen LogP contribution in [0.15, 0.2) is 85.3 Å². The second-order valence-corrected chi connectivity index (χ2v) is 7.81. The number of quaternary nitrogens is 1. The van der Waals surface area contributed by atoms with Crippen molar-refractivity contribution in [3.05, 3.63) is 113 Å². The summed E-state index contributed by atoms with van der Waals surface area (Å²) in [7, 11) is 0. The van der Waals surface area contributed by atoms with E-state index in [1.54, 1.807) is 47.4 Å². The molecule has 0 fully saturated rings. The Morgan fingerprint density at radius 1 is 0.967 bits per heavy atom. The van der Waals surface area contributed by atoms with E-state index in [1.165, 1.54) is 11.4 Å². The van der Waals surface area contributed by atoms with E-state index in [1.807, 2.05) is 53.1 Å². The van der Waals surface area contributed by atoms with Crippen LogP contribution >= 0.6 is 0 Å². The molecular weight excluding hydrogens is 394 g/mol. The molecule has 146 valence electrons. The fourth-order valence-electron chi connectivity index (χ4n) is 3.45. The number of ketones is 1. The molecule has 1 aliphatic rings. The maximum atomic E-state index is 13.2. The van der Waals surface area contributed by atoms with E-state index >= 15 is 0 Å². The molecule has 0 radical (unpaired) electrons. The Labute approximate surface area is 177 Å². The molecule has 0 atom stereocenters. The van der Waals surface area contributed by atoms with E-state index in [0.29, 0.717) is 17.2 Å². The SMILES string of the molecule is O=C(c1ccccc1)c1ccc2cc[n+](C(=O)[C-]3C=[S+][C-](c4cccnc4)[NH2+]3)[c-]2c1. The van der Waals surface area contributed by atoms with Gasteiger partial charge in [0.05, 0.1) is 11.6 Å². The number of nitrogens with zero attached hydrogens (tertiary/aromatic N) is 2. The first-order valence-corrected chi connectivity index (χ1v) is 10.3. The molecule has 4 aromatic rings. The third-order valence-electron chi connectivity index (χ3n) is 5.00. The van der Waals surface area contributed by atoms with Crippen LogP contribution in [0, 0.1) is 11.4 Å². The molecular formula is C24H17N3O2S. The molecule has 6 heteroatoms. The zero-order valence-corrected chi connectivity index (χ0v) is 16.7. The molecule has 0 amide bonds. The Kier molecular flexibility index (Phi) is 4.63. The predicted molar refractivity (Wildman–Crippen MR) is 115 cm³/mol. The maximum Gasteiger partial charge on any atom is 0.267 e. The van der Waals surface area contributed by atoms with Gasteiger partial charge in [-0.3, -0.25) is 9.59 Å². The number of rotatable bonds is 4. The lowest BCUT2D eigenvalue weighted by atomic mass is 10.0. The molecule has 3 heterocycles. The van der Waals surface area contributed by atoms with Gasteiger partial charge in [-0.2, -0.15) is 0 Å². The molecule has 0 saturated carbocycles. The maximum absolute atomic E-state index is 13.2. The Morgan fingerprint density at radius 2 is 1.83 bits per heavy atom. The minimum absolute atomic E-state index is 0.0629. The highest BCUT2D eigenvalue weighted by atomic mass is 32.1. The topological polar surface area (TPSA) is 67.5 Å². The number of carbonyl (C=O) groups is 2. The summed E-state index contributed by atoms with van der Waals surface area (Å²) in [4.78, 5) is 30.2. The van der Waals surface area contributed by atoms with Gasteiger partial charge in [0.25, 0.3) is 11.3 Å². The van der Waals surface area contributed by atoms with Crippen LogP contribution in [-0.4, -0.2) is 22.0 Å². The zero-order valence-electron chi connectivity index (χ0n) is 15.9. The van der Waals surface area contributed by atoms with Gasteiger partial charge in [0.15, 0.2) is 17.1 Å². The highest BCUT2D eigenvalue weighted by molar-refractivity contribution is 7.81. The summed E-state index contributed by atoms with van der Waals surface area (Å²) in [6, 6.07) is 21.0. The number of hydrogen-bond donors (Lipinski definition) is 1. The molecule has 1 aliphatic heterocycles. The molecule has 30 heavy (non-hydrogen) atoms. The van der Waals surface area contributed by atoms with Crippen molar-refractivity contribution < 1.29 is 19.5 Å². The average molecular weight is 411 g/mol. The Morgan fingerprint density at radius 3 is 2.63 bits per heavy atom. The number of aromatic nitrogens is 2. The lowest BCUT2D eigenvalue weighted by Crippen LogP contribution is -2.88. The van der Waals surface area contributed by atoms with E-state index in [-0.39, 0.29) is 11.7 Å². The van der Waals surface area contributed by atoms with Crippen molar-refractivity contribution in [1.29, 1.82) is 0 Å². The van der Waals surface area contributed by atoms with Gasteiger partial charge in [0.2, 0.25) is 0 Å². The van der Waals surface area contributed by atoms with Crippen LogP contribution in [0.1, 0.15) is 26.3 Å². The van der Waals surface area contributed by atoms with E-state index in [0.717, 1.165) is 21.8 Å². The normalized spacial score (nSPS) is 13.2. The van der Waals surface area contributed by atoms with Crippen LogP contribution in [0.2, 0.25) is 0 Å². The average Bonchev–Trinajstić information content (AvgIpc) is 3.46. The summed E-state index contributed by atoms with van der Waals surface area (Å²) in [5.41, 5.74) is 2.88. The lowest BCUT2D eigenvalue weighted by molar-refractivity contribution is -0.612. The van der Waals surface area contributed by atoms with E-state index < -0.39 is 0 Å². The standard InChI is InChI=1S/C24H17N3O2S/c28-22(17-5-2-1-3-6-17)18-9-8-16-10-12-27(21(16)13-18)24(29)20-15-30-23(26-20)19-7-4-11-25-14-19/h1-15H,26H2. The van der Waals surface area contributed by atoms with Crippen LogP contribution in [0.5, 0.6) is 0 Å². The van der Waals surface area contributed by atoms with Crippen molar-refractivity contribution in [3.63, 3.8) is 0 Å². The zero-order chi connectivity index (χ0) is 20.5. The second-order valence-electron chi connectivity index (χ2n) is 6.90. The summed E-state index contributed by atoms with van der Waals surface area (Å²) >= 11 is 1.51. The van der Waals surface area contributed by atoms with Gasteiger partial charge in [0, 0.05) is 5.56 Å². The molecule has 0 bridgehead atoms. The molecule has 2 aromatic heterocycles. The molecule has 0 unspecified atom stereocenters. The highest BCUT2D eigenvalue weighted by Crippen LogP contribution is 2.17. The molecule has 0 saturated heterocycles. The monoisotopic (exact) mass is 411 g/mol. The van der Waals surface area contributed by atoms with Crippen molar-refractivity contribution in [3.8, 4) is 0 Å². The third-order valence-corrected chi connectivity index (χ3v) is 5.98. The van der Waals surface area contributed by atoms with Gasteiger partial charge in [0.1, 0.15) is 5.52 Å². The van der Waals surface area contributed by atoms with Crippen molar-refractivity contribution >= 4 is 39.3 Å². The third kappa shape index (κ3) is 3.28. The first-order chi connectivity index (χ1) is 14.7. The Bertz CT molecular complexity index is 1270. The molecule has 2 aromatic carbocycles. The van der Waals surface area contributed by atoms with E-state index in [4.69, 9.17) is 0 Å². The molecule has 5 nitrogen and oxygen atoms in total. The summed E-state index contributed by atoms with van der Waals surface area (Å²) in [6.07, 6.45) is 5.27. The number of fused-ring (bicyclic) bond motifs is 1. The number of benzene rings is 2. The van der Waals surface area contributed by atoms with Crippen LogP contribution in [0.25, 0.3) is 10.9 Å². The predicted octanol–water partition coefficient (Wildman–Crippen LogP) is 1.64. The Hall–Kier alpha value is -3.74.